The summed E-state index contributed by atoms with van der Waals surface area (Å²) in [6.45, 7) is -0.0280. The highest BCUT2D eigenvalue weighted by Crippen LogP contribution is 2.05. The number of nitriles is 1. The molecule has 0 radical (unpaired) electrons. The van der Waals surface area contributed by atoms with Gasteiger partial charge in [-0.1, -0.05) is 18.2 Å². The predicted molar refractivity (Wildman–Crippen MR) is 45.1 cm³/mol. The smallest absolute Gasteiger partial charge is 0.147 e. The van der Waals surface area contributed by atoms with E-state index in [4.69, 9.17) is 10.4 Å². The molecule has 0 spiro atoms. The van der Waals surface area contributed by atoms with Gasteiger partial charge < -0.3 is 5.11 Å². The third-order valence-electron chi connectivity index (χ3n) is 1.35. The lowest BCUT2D eigenvalue weighted by molar-refractivity contribution is 0.343. The fourth-order valence-corrected chi connectivity index (χ4v) is 0.825. The maximum absolute atomic E-state index is 8.61. The molecule has 0 saturated heterocycles. The summed E-state index contributed by atoms with van der Waals surface area (Å²) >= 11 is 0. The molecule has 1 rings (SSSR count). The topological polar surface area (TPSA) is 56.9 Å². The van der Waals surface area contributed by atoms with Gasteiger partial charge in [0.25, 0.3) is 0 Å². The number of hydrogen-bond donors (Lipinski definition) is 1. The standard InChI is InChI=1S/C9H8N2O/c10-7-9-8(4-2-6-12)3-1-5-11-9/h1-5,12H,6H2. The Morgan fingerprint density at radius 3 is 3.17 bits per heavy atom. The average molecular weight is 160 g/mol. The first-order chi connectivity index (χ1) is 5.88. The van der Waals surface area contributed by atoms with E-state index in [2.05, 4.69) is 4.98 Å². The Morgan fingerprint density at radius 1 is 1.67 bits per heavy atom. The van der Waals surface area contributed by atoms with Gasteiger partial charge in [-0.15, -0.1) is 0 Å². The molecule has 0 fully saturated rings. The summed E-state index contributed by atoms with van der Waals surface area (Å²) in [6.07, 6.45) is 4.80. The number of aliphatic hydroxyl groups excluding tert-OH is 1. The van der Waals surface area contributed by atoms with Crippen LogP contribution < -0.4 is 0 Å². The Bertz CT molecular complexity index is 326. The van der Waals surface area contributed by atoms with Gasteiger partial charge >= 0.3 is 0 Å². The van der Waals surface area contributed by atoms with E-state index in [9.17, 15) is 0 Å². The quantitative estimate of drug-likeness (QED) is 0.701. The van der Waals surface area contributed by atoms with E-state index in [1.54, 1.807) is 30.5 Å². The van der Waals surface area contributed by atoms with Crippen LogP contribution in [0, 0.1) is 11.3 Å². The van der Waals surface area contributed by atoms with Gasteiger partial charge in [-0.2, -0.15) is 5.26 Å². The Labute approximate surface area is 70.6 Å². The third-order valence-corrected chi connectivity index (χ3v) is 1.35. The molecule has 1 N–H and O–H groups in total. The largest absolute Gasteiger partial charge is 0.392 e. The number of rotatable bonds is 2. The van der Waals surface area contributed by atoms with Crippen molar-refractivity contribution in [1.29, 1.82) is 5.26 Å². The lowest BCUT2D eigenvalue weighted by Gasteiger charge is -1.93. The molecule has 0 aromatic carbocycles. The van der Waals surface area contributed by atoms with Crippen molar-refractivity contribution in [2.45, 2.75) is 0 Å². The SMILES string of the molecule is N#Cc1ncccc1C=CCO. The molecule has 1 heterocycles. The van der Waals surface area contributed by atoms with Crippen LogP contribution in [-0.4, -0.2) is 16.7 Å². The lowest BCUT2D eigenvalue weighted by Crippen LogP contribution is -1.85. The molecular weight excluding hydrogens is 152 g/mol. The molecule has 0 aliphatic heterocycles. The van der Waals surface area contributed by atoms with Crippen molar-refractivity contribution in [1.82, 2.24) is 4.98 Å². The first-order valence-electron chi connectivity index (χ1n) is 3.51. The number of aromatic nitrogens is 1. The highest BCUT2D eigenvalue weighted by atomic mass is 16.2. The number of hydrogen-bond acceptors (Lipinski definition) is 3. The van der Waals surface area contributed by atoms with Crippen molar-refractivity contribution in [2.75, 3.05) is 6.61 Å². The van der Waals surface area contributed by atoms with E-state index < -0.39 is 0 Å². The minimum Gasteiger partial charge on any atom is -0.392 e. The van der Waals surface area contributed by atoms with E-state index in [1.807, 2.05) is 6.07 Å². The summed E-state index contributed by atoms with van der Waals surface area (Å²) in [4.78, 5) is 3.86. The maximum Gasteiger partial charge on any atom is 0.147 e. The van der Waals surface area contributed by atoms with Crippen molar-refractivity contribution >= 4 is 6.08 Å². The van der Waals surface area contributed by atoms with E-state index in [1.165, 1.54) is 0 Å². The minimum atomic E-state index is -0.0280. The molecule has 60 valence electrons. The first-order valence-corrected chi connectivity index (χ1v) is 3.51. The van der Waals surface area contributed by atoms with E-state index in [0.29, 0.717) is 5.69 Å². The molecule has 0 atom stereocenters. The zero-order valence-electron chi connectivity index (χ0n) is 6.44. The molecular formula is C9H8N2O. The Morgan fingerprint density at radius 2 is 2.50 bits per heavy atom. The van der Waals surface area contributed by atoms with Crippen molar-refractivity contribution < 1.29 is 5.11 Å². The molecule has 0 amide bonds. The van der Waals surface area contributed by atoms with Crippen LogP contribution in [0.15, 0.2) is 24.4 Å². The van der Waals surface area contributed by atoms with Crippen LogP contribution in [0.2, 0.25) is 0 Å². The molecule has 3 nitrogen and oxygen atoms in total. The molecule has 3 heteroatoms. The van der Waals surface area contributed by atoms with Crippen molar-refractivity contribution in [2.24, 2.45) is 0 Å². The van der Waals surface area contributed by atoms with E-state index in [-0.39, 0.29) is 6.61 Å². The molecule has 12 heavy (non-hydrogen) atoms. The van der Waals surface area contributed by atoms with Crippen molar-refractivity contribution in [3.05, 3.63) is 35.7 Å². The second-order valence-electron chi connectivity index (χ2n) is 2.14. The highest BCUT2D eigenvalue weighted by molar-refractivity contribution is 5.55. The van der Waals surface area contributed by atoms with Gasteiger partial charge in [0.05, 0.1) is 6.61 Å². The van der Waals surface area contributed by atoms with Gasteiger partial charge in [-0.3, -0.25) is 0 Å². The monoisotopic (exact) mass is 160 g/mol. The van der Waals surface area contributed by atoms with Gasteiger partial charge in [0, 0.05) is 11.8 Å². The van der Waals surface area contributed by atoms with Gasteiger partial charge in [0.1, 0.15) is 11.8 Å². The summed E-state index contributed by atoms with van der Waals surface area (Å²) < 4.78 is 0. The summed E-state index contributed by atoms with van der Waals surface area (Å²) in [5, 5.41) is 17.1. The molecule has 0 unspecified atom stereocenters. The molecule has 0 aliphatic rings. The van der Waals surface area contributed by atoms with Crippen LogP contribution in [0.4, 0.5) is 0 Å². The summed E-state index contributed by atoms with van der Waals surface area (Å²) in [5.74, 6) is 0. The summed E-state index contributed by atoms with van der Waals surface area (Å²) in [6, 6.07) is 5.48. The minimum absolute atomic E-state index is 0.0280. The van der Waals surface area contributed by atoms with Gasteiger partial charge in [0.15, 0.2) is 0 Å². The Balaban J connectivity index is 2.99. The zero-order valence-corrected chi connectivity index (χ0v) is 6.44. The second kappa shape index (κ2) is 4.27. The predicted octanol–water partition coefficient (Wildman–Crippen LogP) is 0.959. The van der Waals surface area contributed by atoms with Crippen LogP contribution in [-0.2, 0) is 0 Å². The van der Waals surface area contributed by atoms with E-state index in [0.717, 1.165) is 5.56 Å². The van der Waals surface area contributed by atoms with Gasteiger partial charge in [-0.05, 0) is 6.07 Å². The molecule has 1 aromatic heterocycles. The Hall–Kier alpha value is -1.66. The number of aliphatic hydroxyl groups is 1. The fraction of sp³-hybridized carbons (Fsp3) is 0.111. The van der Waals surface area contributed by atoms with Crippen LogP contribution in [0.3, 0.4) is 0 Å². The van der Waals surface area contributed by atoms with Gasteiger partial charge in [-0.25, -0.2) is 4.98 Å². The van der Waals surface area contributed by atoms with Crippen LogP contribution >= 0.6 is 0 Å². The lowest BCUT2D eigenvalue weighted by atomic mass is 10.2. The van der Waals surface area contributed by atoms with E-state index >= 15 is 0 Å². The highest BCUT2D eigenvalue weighted by Gasteiger charge is 1.95. The van der Waals surface area contributed by atoms with Crippen LogP contribution in [0.1, 0.15) is 11.3 Å². The molecule has 0 bridgehead atoms. The van der Waals surface area contributed by atoms with Crippen molar-refractivity contribution in [3.8, 4) is 6.07 Å². The molecule has 0 aliphatic carbocycles. The fourth-order valence-electron chi connectivity index (χ4n) is 0.825. The van der Waals surface area contributed by atoms with Crippen molar-refractivity contribution in [3.63, 3.8) is 0 Å². The maximum atomic E-state index is 8.61. The summed E-state index contributed by atoms with van der Waals surface area (Å²) in [7, 11) is 0. The Kier molecular flexibility index (Phi) is 3.00. The first kappa shape index (κ1) is 8.44. The number of pyridine rings is 1. The van der Waals surface area contributed by atoms with Crippen LogP contribution in [0.5, 0.6) is 0 Å². The zero-order chi connectivity index (χ0) is 8.81. The van der Waals surface area contributed by atoms with Gasteiger partial charge in [0.2, 0.25) is 0 Å². The van der Waals surface area contributed by atoms with Crippen LogP contribution in [0.25, 0.3) is 6.08 Å². The summed E-state index contributed by atoms with van der Waals surface area (Å²) in [5.41, 5.74) is 1.11. The third kappa shape index (κ3) is 1.91. The number of nitrogens with zero attached hydrogens (tertiary/aromatic N) is 2. The average Bonchev–Trinajstić information content (AvgIpc) is 2.15. The second-order valence-corrected chi connectivity index (χ2v) is 2.14. The molecule has 0 saturated carbocycles. The normalized spacial score (nSPS) is 10.0. The molecule has 1 aromatic rings.